The van der Waals surface area contributed by atoms with Gasteiger partial charge in [-0.3, -0.25) is 0 Å². The summed E-state index contributed by atoms with van der Waals surface area (Å²) in [7, 11) is -3.19. The van der Waals surface area contributed by atoms with E-state index < -0.39 is 16.1 Å². The van der Waals surface area contributed by atoms with Crippen LogP contribution in [0.4, 0.5) is 0 Å². The Morgan fingerprint density at radius 3 is 1.15 bits per heavy atom. The predicted octanol–water partition coefficient (Wildman–Crippen LogP) is 4.64. The summed E-state index contributed by atoms with van der Waals surface area (Å²) in [6.07, 6.45) is 1.40. The van der Waals surface area contributed by atoms with Gasteiger partial charge in [0.2, 0.25) is 0 Å². The number of rotatable bonds is 5. The van der Waals surface area contributed by atoms with E-state index in [1.807, 2.05) is 0 Å². The molecular formula is C24H28Si2. The van der Waals surface area contributed by atoms with Gasteiger partial charge < -0.3 is 0 Å². The van der Waals surface area contributed by atoms with Crippen LogP contribution in [-0.2, 0) is 0 Å². The van der Waals surface area contributed by atoms with Gasteiger partial charge in [0.15, 0.2) is 8.07 Å². The third-order valence-electron chi connectivity index (χ3n) is 6.15. The van der Waals surface area contributed by atoms with Gasteiger partial charge in [0, 0.05) is 8.07 Å². The van der Waals surface area contributed by atoms with Crippen molar-refractivity contribution in [2.24, 2.45) is 0 Å². The van der Waals surface area contributed by atoms with Crippen LogP contribution in [0.2, 0.25) is 30.7 Å². The first-order valence-electron chi connectivity index (χ1n) is 9.71. The molecule has 0 unspecified atom stereocenters. The first-order valence-corrected chi connectivity index (χ1v) is 15.4. The average molecular weight is 373 g/mol. The van der Waals surface area contributed by atoms with Crippen LogP contribution < -0.4 is 15.6 Å². The highest BCUT2D eigenvalue weighted by molar-refractivity contribution is 7.13. The lowest BCUT2D eigenvalue weighted by Crippen LogP contribution is -2.68. The summed E-state index contributed by atoms with van der Waals surface area (Å²) in [5, 5.41) is 4.72. The van der Waals surface area contributed by atoms with Gasteiger partial charge in [-0.15, -0.1) is 0 Å². The fourth-order valence-electron chi connectivity index (χ4n) is 4.88. The normalized spacial score (nSPS) is 20.0. The minimum atomic E-state index is -2.03. The monoisotopic (exact) mass is 372 g/mol. The predicted molar refractivity (Wildman–Crippen MR) is 119 cm³/mol. The van der Waals surface area contributed by atoms with Gasteiger partial charge in [-0.1, -0.05) is 117 Å². The molecule has 0 saturated heterocycles. The van der Waals surface area contributed by atoms with E-state index in [2.05, 4.69) is 111 Å². The standard InChI is InChI=1S/C24H28Si2/c1-25(2,3)23-19-24(23)26(20-13-7-4-8-14-20,21-15-9-5-10-16-21)22-17-11-6-12-18-22/h4-18,23-24H,19H2,1-3H3/t23-,24-/m1/s1. The minimum absolute atomic E-state index is 0.821. The molecule has 0 heterocycles. The summed E-state index contributed by atoms with van der Waals surface area (Å²) >= 11 is 0. The molecule has 0 amide bonds. The maximum Gasteiger partial charge on any atom is 0.151 e. The van der Waals surface area contributed by atoms with Gasteiger partial charge in [-0.2, -0.15) is 0 Å². The van der Waals surface area contributed by atoms with Crippen molar-refractivity contribution in [1.29, 1.82) is 0 Å². The molecule has 3 aromatic rings. The first kappa shape index (κ1) is 17.5. The summed E-state index contributed by atoms with van der Waals surface area (Å²) in [5.74, 6) is 0. The quantitative estimate of drug-likeness (QED) is 0.452. The molecule has 0 bridgehead atoms. The highest BCUT2D eigenvalue weighted by atomic mass is 28.3. The van der Waals surface area contributed by atoms with Gasteiger partial charge in [0.1, 0.15) is 0 Å². The second-order valence-corrected chi connectivity index (χ2v) is 18.3. The molecule has 0 aromatic heterocycles. The Balaban J connectivity index is 1.99. The van der Waals surface area contributed by atoms with E-state index in [9.17, 15) is 0 Å². The zero-order valence-corrected chi connectivity index (χ0v) is 18.0. The molecule has 2 atom stereocenters. The highest BCUT2D eigenvalue weighted by Gasteiger charge is 2.60. The molecule has 1 aliphatic rings. The Morgan fingerprint density at radius 2 is 0.885 bits per heavy atom. The van der Waals surface area contributed by atoms with Crippen molar-refractivity contribution < 1.29 is 0 Å². The Kier molecular flexibility index (Phi) is 4.49. The topological polar surface area (TPSA) is 0 Å². The number of hydrogen-bond acceptors (Lipinski definition) is 0. The smallest absolute Gasteiger partial charge is 0.0693 e. The molecule has 0 radical (unpaired) electrons. The second-order valence-electron chi connectivity index (χ2n) is 8.72. The van der Waals surface area contributed by atoms with Crippen LogP contribution in [-0.4, -0.2) is 16.1 Å². The molecule has 0 spiro atoms. The molecule has 1 aliphatic carbocycles. The van der Waals surface area contributed by atoms with E-state index in [1.54, 1.807) is 15.6 Å². The SMILES string of the molecule is C[Si](C)(C)[C@@H]1C[C@H]1[Si](c1ccccc1)(c1ccccc1)c1ccccc1. The third kappa shape index (κ3) is 2.91. The van der Waals surface area contributed by atoms with Gasteiger partial charge in [0.25, 0.3) is 0 Å². The van der Waals surface area contributed by atoms with Crippen LogP contribution >= 0.6 is 0 Å². The fraction of sp³-hybridized carbons (Fsp3) is 0.250. The molecule has 4 rings (SSSR count). The van der Waals surface area contributed by atoms with E-state index in [4.69, 9.17) is 0 Å². The minimum Gasteiger partial charge on any atom is -0.0693 e. The van der Waals surface area contributed by atoms with E-state index in [0.29, 0.717) is 0 Å². The zero-order valence-electron chi connectivity index (χ0n) is 16.0. The molecule has 0 aliphatic heterocycles. The maximum atomic E-state index is 2.55. The van der Waals surface area contributed by atoms with E-state index >= 15 is 0 Å². The molecule has 0 nitrogen and oxygen atoms in total. The summed E-state index contributed by atoms with van der Waals surface area (Å²) in [6, 6.07) is 34.2. The highest BCUT2D eigenvalue weighted by Crippen LogP contribution is 2.61. The summed E-state index contributed by atoms with van der Waals surface area (Å²) in [5.41, 5.74) is 1.75. The maximum absolute atomic E-state index is 2.55. The van der Waals surface area contributed by atoms with E-state index in [1.165, 1.54) is 6.42 Å². The Labute approximate surface area is 159 Å². The second kappa shape index (κ2) is 6.68. The van der Waals surface area contributed by atoms with E-state index in [0.717, 1.165) is 11.1 Å². The van der Waals surface area contributed by atoms with Crippen LogP contribution in [0.5, 0.6) is 0 Å². The van der Waals surface area contributed by atoms with E-state index in [-0.39, 0.29) is 0 Å². The third-order valence-corrected chi connectivity index (χ3v) is 14.8. The average Bonchev–Trinajstić information content (AvgIpc) is 3.47. The van der Waals surface area contributed by atoms with Crippen LogP contribution in [0.25, 0.3) is 0 Å². The summed E-state index contributed by atoms with van der Waals surface area (Å²) in [4.78, 5) is 0. The Bertz CT molecular complexity index is 754. The number of benzene rings is 3. The summed E-state index contributed by atoms with van der Waals surface area (Å²) < 4.78 is 0. The molecule has 132 valence electrons. The van der Waals surface area contributed by atoms with Crippen molar-refractivity contribution in [1.82, 2.24) is 0 Å². The van der Waals surface area contributed by atoms with Gasteiger partial charge in [-0.05, 0) is 26.6 Å². The van der Waals surface area contributed by atoms with Crippen molar-refractivity contribution in [3.63, 3.8) is 0 Å². The summed E-state index contributed by atoms with van der Waals surface area (Å²) in [6.45, 7) is 7.66. The van der Waals surface area contributed by atoms with Crippen molar-refractivity contribution in [2.75, 3.05) is 0 Å². The molecule has 26 heavy (non-hydrogen) atoms. The largest absolute Gasteiger partial charge is 0.151 e. The van der Waals surface area contributed by atoms with Gasteiger partial charge >= 0.3 is 0 Å². The van der Waals surface area contributed by atoms with Crippen molar-refractivity contribution in [3.8, 4) is 0 Å². The van der Waals surface area contributed by atoms with Gasteiger partial charge in [-0.25, -0.2) is 0 Å². The molecule has 1 saturated carbocycles. The first-order chi connectivity index (χ1) is 12.5. The molecule has 0 N–H and O–H groups in total. The molecule has 1 fully saturated rings. The lowest BCUT2D eigenvalue weighted by molar-refractivity contribution is 1.30. The van der Waals surface area contributed by atoms with Crippen molar-refractivity contribution in [2.45, 2.75) is 37.1 Å². The number of hydrogen-bond donors (Lipinski definition) is 0. The van der Waals surface area contributed by atoms with Crippen LogP contribution in [0.15, 0.2) is 91.0 Å². The molecule has 2 heteroatoms. The van der Waals surface area contributed by atoms with Crippen molar-refractivity contribution in [3.05, 3.63) is 91.0 Å². The Morgan fingerprint density at radius 1 is 0.538 bits per heavy atom. The Hall–Kier alpha value is -1.91. The molecular weight excluding hydrogens is 344 g/mol. The van der Waals surface area contributed by atoms with Crippen molar-refractivity contribution >= 4 is 31.7 Å². The zero-order chi connectivity index (χ0) is 18.2. The lowest BCUT2D eigenvalue weighted by Gasteiger charge is -2.36. The van der Waals surface area contributed by atoms with Gasteiger partial charge in [0.05, 0.1) is 0 Å². The van der Waals surface area contributed by atoms with Crippen LogP contribution in [0.1, 0.15) is 6.42 Å². The van der Waals surface area contributed by atoms with Crippen LogP contribution in [0.3, 0.4) is 0 Å². The van der Waals surface area contributed by atoms with Crippen LogP contribution in [0, 0.1) is 0 Å². The fourth-order valence-corrected chi connectivity index (χ4v) is 15.2. The molecule has 3 aromatic carbocycles. The lowest BCUT2D eigenvalue weighted by atomic mass is 10.3.